The first-order chi connectivity index (χ1) is 13.9. The van der Waals surface area contributed by atoms with Crippen LogP contribution in [0.1, 0.15) is 17.2 Å². The molecule has 8 heteroatoms. The number of hydrogen-bond acceptors (Lipinski definition) is 6. The van der Waals surface area contributed by atoms with Crippen LogP contribution in [0, 0.1) is 0 Å². The lowest BCUT2D eigenvalue weighted by Crippen LogP contribution is -2.14. The Morgan fingerprint density at radius 1 is 0.966 bits per heavy atom. The number of hydrogen-bond donors (Lipinski definition) is 3. The number of sulfonamides is 1. The fourth-order valence-electron chi connectivity index (χ4n) is 3.17. The molecule has 2 aromatic carbocycles. The highest BCUT2D eigenvalue weighted by atomic mass is 32.2. The van der Waals surface area contributed by atoms with Gasteiger partial charge in [0.1, 0.15) is 11.3 Å². The average molecular weight is 406 g/mol. The number of fused-ring (bicyclic) bond motifs is 1. The van der Waals surface area contributed by atoms with Crippen LogP contribution in [-0.2, 0) is 10.0 Å². The lowest BCUT2D eigenvalue weighted by atomic mass is 9.97. The zero-order valence-electron chi connectivity index (χ0n) is 15.2. The number of anilines is 1. The van der Waals surface area contributed by atoms with Crippen molar-refractivity contribution >= 4 is 26.6 Å². The first kappa shape index (κ1) is 18.9. The Morgan fingerprint density at radius 3 is 2.41 bits per heavy atom. The molecule has 0 fully saturated rings. The van der Waals surface area contributed by atoms with Crippen LogP contribution in [0.5, 0.6) is 5.75 Å². The van der Waals surface area contributed by atoms with Crippen LogP contribution in [-0.4, -0.2) is 23.5 Å². The molecule has 0 spiro atoms. The molecule has 4 rings (SSSR count). The lowest BCUT2D eigenvalue weighted by Gasteiger charge is -2.22. The summed E-state index contributed by atoms with van der Waals surface area (Å²) in [6, 6.07) is 16.8. The van der Waals surface area contributed by atoms with Gasteiger partial charge in [0.05, 0.1) is 10.9 Å². The van der Waals surface area contributed by atoms with Crippen molar-refractivity contribution < 1.29 is 13.5 Å². The number of nitrogens with zero attached hydrogens (tertiary/aromatic N) is 2. The van der Waals surface area contributed by atoms with Crippen molar-refractivity contribution in [3.05, 3.63) is 90.4 Å². The molecule has 0 saturated heterocycles. The van der Waals surface area contributed by atoms with E-state index in [0.29, 0.717) is 16.8 Å². The number of phenols is 1. The van der Waals surface area contributed by atoms with E-state index in [-0.39, 0.29) is 10.6 Å². The fraction of sp³-hybridized carbons (Fsp3) is 0.0476. The Kier molecular flexibility index (Phi) is 4.87. The molecule has 4 N–H and O–H groups in total. The molecule has 1 unspecified atom stereocenters. The summed E-state index contributed by atoms with van der Waals surface area (Å²) >= 11 is 0. The summed E-state index contributed by atoms with van der Waals surface area (Å²) in [7, 11) is -3.77. The average Bonchev–Trinajstić information content (AvgIpc) is 2.73. The number of rotatable bonds is 5. The van der Waals surface area contributed by atoms with Gasteiger partial charge in [-0.3, -0.25) is 9.97 Å². The van der Waals surface area contributed by atoms with Gasteiger partial charge in [0.15, 0.2) is 0 Å². The van der Waals surface area contributed by atoms with Crippen molar-refractivity contribution in [2.24, 2.45) is 5.14 Å². The van der Waals surface area contributed by atoms with Crippen LogP contribution in [0.3, 0.4) is 0 Å². The van der Waals surface area contributed by atoms with Gasteiger partial charge in [0.2, 0.25) is 10.0 Å². The molecule has 0 radical (unpaired) electrons. The summed E-state index contributed by atoms with van der Waals surface area (Å²) in [5, 5.41) is 20.2. The minimum atomic E-state index is -3.77. The number of nitrogens with two attached hydrogens (primary N) is 1. The number of benzene rings is 2. The highest BCUT2D eigenvalue weighted by molar-refractivity contribution is 7.89. The number of primary sulfonamides is 1. The van der Waals surface area contributed by atoms with Crippen molar-refractivity contribution in [1.82, 2.24) is 9.97 Å². The van der Waals surface area contributed by atoms with Crippen molar-refractivity contribution in [2.75, 3.05) is 5.32 Å². The molecule has 0 aliphatic carbocycles. The molecule has 29 heavy (non-hydrogen) atoms. The van der Waals surface area contributed by atoms with E-state index in [0.717, 1.165) is 10.9 Å². The third-order valence-electron chi connectivity index (χ3n) is 4.60. The molecule has 0 aliphatic rings. The number of aromatic nitrogens is 2. The van der Waals surface area contributed by atoms with Crippen molar-refractivity contribution in [3.8, 4) is 5.75 Å². The van der Waals surface area contributed by atoms with Crippen LogP contribution in [0.2, 0.25) is 0 Å². The topological polar surface area (TPSA) is 118 Å². The Morgan fingerprint density at radius 2 is 1.72 bits per heavy atom. The van der Waals surface area contributed by atoms with E-state index in [1.807, 2.05) is 36.4 Å². The van der Waals surface area contributed by atoms with Gasteiger partial charge >= 0.3 is 0 Å². The number of phenolic OH excluding ortho intramolecular Hbond substituents is 1. The molecule has 146 valence electrons. The highest BCUT2D eigenvalue weighted by Crippen LogP contribution is 2.36. The minimum absolute atomic E-state index is 0.0266. The van der Waals surface area contributed by atoms with Crippen LogP contribution >= 0.6 is 0 Å². The molecular formula is C21H18N4O3S. The van der Waals surface area contributed by atoms with Gasteiger partial charge in [-0.05, 0) is 42.0 Å². The summed E-state index contributed by atoms with van der Waals surface area (Å²) in [6.07, 6.45) is 5.01. The molecule has 0 bridgehead atoms. The maximum atomic E-state index is 11.5. The summed E-state index contributed by atoms with van der Waals surface area (Å²) < 4.78 is 23.0. The van der Waals surface area contributed by atoms with Gasteiger partial charge < -0.3 is 10.4 Å². The van der Waals surface area contributed by atoms with E-state index in [9.17, 15) is 13.5 Å². The van der Waals surface area contributed by atoms with E-state index >= 15 is 0 Å². The van der Waals surface area contributed by atoms with Crippen LogP contribution in [0.4, 0.5) is 5.69 Å². The molecule has 4 aromatic rings. The molecule has 2 heterocycles. The first-order valence-corrected chi connectivity index (χ1v) is 10.3. The summed E-state index contributed by atoms with van der Waals surface area (Å²) in [5.74, 6) is 0.0746. The molecule has 1 atom stereocenters. The fourth-order valence-corrected chi connectivity index (χ4v) is 3.69. The predicted octanol–water partition coefficient (Wildman–Crippen LogP) is 3.18. The SMILES string of the molecule is NS(=O)(=O)c1ccc(NC(c2cccnc2)c2ccc3cccnc3c2O)cc1. The first-order valence-electron chi connectivity index (χ1n) is 8.79. The summed E-state index contributed by atoms with van der Waals surface area (Å²) in [6.45, 7) is 0. The predicted molar refractivity (Wildman–Crippen MR) is 111 cm³/mol. The van der Waals surface area contributed by atoms with Gasteiger partial charge in [-0.1, -0.05) is 24.3 Å². The largest absolute Gasteiger partial charge is 0.505 e. The second kappa shape index (κ2) is 7.50. The highest BCUT2D eigenvalue weighted by Gasteiger charge is 2.20. The molecule has 7 nitrogen and oxygen atoms in total. The standard InChI is InChI=1S/C21H18N4O3S/c22-29(27,28)17-8-6-16(7-9-17)25-19(15-4-1-11-23-13-15)18-10-5-14-3-2-12-24-20(14)21(18)26/h1-13,19,25-26H,(H2,22,27,28). The van der Waals surface area contributed by atoms with E-state index < -0.39 is 16.1 Å². The monoisotopic (exact) mass is 406 g/mol. The van der Waals surface area contributed by atoms with Gasteiger partial charge in [-0.25, -0.2) is 13.6 Å². The second-order valence-corrected chi connectivity index (χ2v) is 8.07. The van der Waals surface area contributed by atoms with Gasteiger partial charge in [0.25, 0.3) is 0 Å². The third kappa shape index (κ3) is 3.89. The maximum absolute atomic E-state index is 11.5. The third-order valence-corrected chi connectivity index (χ3v) is 5.53. The van der Waals surface area contributed by atoms with E-state index in [4.69, 9.17) is 5.14 Å². The van der Waals surface area contributed by atoms with E-state index in [2.05, 4.69) is 15.3 Å². The van der Waals surface area contributed by atoms with Crippen LogP contribution < -0.4 is 10.5 Å². The maximum Gasteiger partial charge on any atom is 0.238 e. The molecule has 0 amide bonds. The second-order valence-electron chi connectivity index (χ2n) is 6.51. The van der Waals surface area contributed by atoms with Crippen molar-refractivity contribution in [2.45, 2.75) is 10.9 Å². The van der Waals surface area contributed by atoms with Gasteiger partial charge in [-0.2, -0.15) is 0 Å². The van der Waals surface area contributed by atoms with E-state index in [1.54, 1.807) is 30.7 Å². The summed E-state index contributed by atoms with van der Waals surface area (Å²) in [5.41, 5.74) is 2.62. The quantitative estimate of drug-likeness (QED) is 0.468. The minimum Gasteiger partial charge on any atom is -0.505 e. The zero-order valence-corrected chi connectivity index (χ0v) is 16.0. The lowest BCUT2D eigenvalue weighted by molar-refractivity contribution is 0.471. The normalized spacial score (nSPS) is 12.6. The zero-order chi connectivity index (χ0) is 20.4. The smallest absolute Gasteiger partial charge is 0.238 e. The molecule has 0 aliphatic heterocycles. The number of aromatic hydroxyl groups is 1. The van der Waals surface area contributed by atoms with Crippen LogP contribution in [0.25, 0.3) is 10.9 Å². The number of pyridine rings is 2. The molecule has 0 saturated carbocycles. The van der Waals surface area contributed by atoms with Gasteiger partial charge in [-0.15, -0.1) is 0 Å². The van der Waals surface area contributed by atoms with Crippen molar-refractivity contribution in [3.63, 3.8) is 0 Å². The summed E-state index contributed by atoms with van der Waals surface area (Å²) in [4.78, 5) is 8.49. The molecule has 2 aromatic heterocycles. The molecular weight excluding hydrogens is 388 g/mol. The Bertz CT molecular complexity index is 1260. The number of nitrogens with one attached hydrogen (secondary N) is 1. The Hall–Kier alpha value is -3.49. The van der Waals surface area contributed by atoms with Crippen LogP contribution in [0.15, 0.2) is 84.1 Å². The Balaban J connectivity index is 1.78. The Labute approximate surface area is 167 Å². The van der Waals surface area contributed by atoms with Crippen molar-refractivity contribution in [1.29, 1.82) is 0 Å². The van der Waals surface area contributed by atoms with Gasteiger partial charge in [0, 0.05) is 35.2 Å². The van der Waals surface area contributed by atoms with E-state index in [1.165, 1.54) is 12.1 Å².